The minimum atomic E-state index is -0.528. The number of nitrogens with one attached hydrogen (secondary N) is 2. The molecule has 0 unspecified atom stereocenters. The van der Waals surface area contributed by atoms with Crippen molar-refractivity contribution in [3.63, 3.8) is 0 Å². The van der Waals surface area contributed by atoms with Crippen molar-refractivity contribution in [2.75, 3.05) is 12.5 Å². The number of aryl methyl sites for hydroxylation is 1. The molecule has 0 spiro atoms. The molecule has 0 aliphatic rings. The molecule has 0 radical (unpaired) electrons. The highest BCUT2D eigenvalue weighted by molar-refractivity contribution is 5.74. The molecule has 1 aromatic carbocycles. The third-order valence-electron chi connectivity index (χ3n) is 3.64. The number of nitrogens with two attached hydrogens (primary N) is 1. The fraction of sp³-hybridized carbons (Fsp3) is 0.214. The summed E-state index contributed by atoms with van der Waals surface area (Å²) in [4.78, 5) is 30.4. The lowest BCUT2D eigenvalue weighted by Gasteiger charge is -2.08. The molecule has 23 heavy (non-hydrogen) atoms. The van der Waals surface area contributed by atoms with Crippen LogP contribution in [0.1, 0.15) is 5.56 Å². The maximum atomic E-state index is 12.2. The molecule has 0 fully saturated rings. The molecule has 9 nitrogen and oxygen atoms in total. The topological polar surface area (TPSA) is 120 Å². The van der Waals surface area contributed by atoms with Crippen LogP contribution < -0.4 is 27.3 Å². The fourth-order valence-electron chi connectivity index (χ4n) is 2.41. The van der Waals surface area contributed by atoms with E-state index in [0.717, 1.165) is 11.3 Å². The van der Waals surface area contributed by atoms with E-state index in [1.54, 1.807) is 11.7 Å². The van der Waals surface area contributed by atoms with E-state index in [-0.39, 0.29) is 11.2 Å². The molecule has 0 bridgehead atoms. The smallest absolute Gasteiger partial charge is 0.329 e. The predicted octanol–water partition coefficient (Wildman–Crippen LogP) is -0.234. The van der Waals surface area contributed by atoms with Crippen LogP contribution in [0.25, 0.3) is 11.2 Å². The number of aromatic nitrogens is 4. The second-order valence-corrected chi connectivity index (χ2v) is 5.00. The number of imidazole rings is 1. The Morgan fingerprint density at radius 1 is 1.30 bits per heavy atom. The van der Waals surface area contributed by atoms with E-state index in [4.69, 9.17) is 10.6 Å². The third-order valence-corrected chi connectivity index (χ3v) is 3.64. The lowest BCUT2D eigenvalue weighted by Crippen LogP contribution is -2.29. The molecule has 0 saturated carbocycles. The highest BCUT2D eigenvalue weighted by atomic mass is 16.5. The molecule has 3 aromatic rings. The molecular formula is C14H16N6O3. The van der Waals surface area contributed by atoms with Crippen LogP contribution in [0.3, 0.4) is 0 Å². The lowest BCUT2D eigenvalue weighted by atomic mass is 10.2. The molecule has 2 aromatic heterocycles. The van der Waals surface area contributed by atoms with E-state index in [0.29, 0.717) is 12.5 Å². The van der Waals surface area contributed by atoms with Crippen molar-refractivity contribution in [3.8, 4) is 5.75 Å². The van der Waals surface area contributed by atoms with Gasteiger partial charge in [-0.05, 0) is 17.7 Å². The molecule has 0 saturated heterocycles. The Morgan fingerprint density at radius 2 is 2.00 bits per heavy atom. The van der Waals surface area contributed by atoms with E-state index in [1.165, 1.54) is 11.6 Å². The average Bonchev–Trinajstić information content (AvgIpc) is 2.92. The van der Waals surface area contributed by atoms with E-state index < -0.39 is 11.2 Å². The van der Waals surface area contributed by atoms with Crippen LogP contribution in [0.5, 0.6) is 5.75 Å². The van der Waals surface area contributed by atoms with Crippen molar-refractivity contribution >= 4 is 17.1 Å². The summed E-state index contributed by atoms with van der Waals surface area (Å²) in [7, 11) is 3.13. The summed E-state index contributed by atoms with van der Waals surface area (Å²) in [5, 5.41) is 0. The minimum absolute atomic E-state index is 0.264. The highest BCUT2D eigenvalue weighted by Crippen LogP contribution is 2.18. The van der Waals surface area contributed by atoms with Gasteiger partial charge in [-0.15, -0.1) is 0 Å². The average molecular weight is 316 g/mol. The standard InChI is InChI=1S/C14H16N6O3/c1-19-11-10(12(21)17-14(19)22)20(13(16-11)18-15)7-8-3-5-9(23-2)6-4-8/h3-6H,7,15H2,1-2H3,(H,16,18)(H,17,21,22). The molecule has 0 atom stereocenters. The largest absolute Gasteiger partial charge is 0.497 e. The van der Waals surface area contributed by atoms with Crippen molar-refractivity contribution in [1.82, 2.24) is 19.1 Å². The van der Waals surface area contributed by atoms with Crippen molar-refractivity contribution in [1.29, 1.82) is 0 Å². The summed E-state index contributed by atoms with van der Waals surface area (Å²) in [6, 6.07) is 7.40. The predicted molar refractivity (Wildman–Crippen MR) is 85.5 cm³/mol. The van der Waals surface area contributed by atoms with Gasteiger partial charge in [0.25, 0.3) is 5.56 Å². The first kappa shape index (κ1) is 14.9. The zero-order valence-corrected chi connectivity index (χ0v) is 12.7. The summed E-state index contributed by atoms with van der Waals surface area (Å²) < 4.78 is 8.01. The van der Waals surface area contributed by atoms with Gasteiger partial charge in [0.05, 0.1) is 13.7 Å². The second kappa shape index (κ2) is 5.61. The van der Waals surface area contributed by atoms with Crippen LogP contribution in [0.4, 0.5) is 5.95 Å². The Hall–Kier alpha value is -3.07. The number of aromatic amines is 1. The van der Waals surface area contributed by atoms with E-state index in [2.05, 4.69) is 15.4 Å². The highest BCUT2D eigenvalue weighted by Gasteiger charge is 2.16. The van der Waals surface area contributed by atoms with Gasteiger partial charge < -0.3 is 4.74 Å². The van der Waals surface area contributed by atoms with Gasteiger partial charge in [0.15, 0.2) is 11.2 Å². The van der Waals surface area contributed by atoms with Crippen LogP contribution in [-0.2, 0) is 13.6 Å². The van der Waals surface area contributed by atoms with Crippen molar-refractivity contribution in [2.45, 2.75) is 6.54 Å². The number of benzene rings is 1. The summed E-state index contributed by atoms with van der Waals surface area (Å²) in [6.45, 7) is 0.362. The molecule has 120 valence electrons. The van der Waals surface area contributed by atoms with Gasteiger partial charge in [-0.3, -0.25) is 24.3 Å². The van der Waals surface area contributed by atoms with Gasteiger partial charge in [-0.2, -0.15) is 4.98 Å². The molecule has 9 heteroatoms. The van der Waals surface area contributed by atoms with Crippen LogP contribution in [0, 0.1) is 0 Å². The molecule has 0 aliphatic carbocycles. The molecular weight excluding hydrogens is 300 g/mol. The van der Waals surface area contributed by atoms with Crippen molar-refractivity contribution in [3.05, 3.63) is 50.7 Å². The molecule has 0 amide bonds. The molecule has 0 aliphatic heterocycles. The number of hydrazine groups is 1. The number of anilines is 1. The van der Waals surface area contributed by atoms with Crippen LogP contribution in [0.2, 0.25) is 0 Å². The number of hydrogen-bond acceptors (Lipinski definition) is 6. The van der Waals surface area contributed by atoms with Crippen molar-refractivity contribution in [2.24, 2.45) is 12.9 Å². The van der Waals surface area contributed by atoms with Crippen LogP contribution >= 0.6 is 0 Å². The quantitative estimate of drug-likeness (QED) is 0.451. The van der Waals surface area contributed by atoms with E-state index in [9.17, 15) is 9.59 Å². The number of methoxy groups -OCH3 is 1. The normalized spacial score (nSPS) is 10.9. The molecule has 2 heterocycles. The summed E-state index contributed by atoms with van der Waals surface area (Å²) in [6.07, 6.45) is 0. The van der Waals surface area contributed by atoms with E-state index >= 15 is 0 Å². The second-order valence-electron chi connectivity index (χ2n) is 5.00. The Labute approximate surface area is 130 Å². The van der Waals surface area contributed by atoms with Gasteiger partial charge >= 0.3 is 5.69 Å². The maximum absolute atomic E-state index is 12.2. The van der Waals surface area contributed by atoms with Gasteiger partial charge in [0.1, 0.15) is 5.75 Å². The van der Waals surface area contributed by atoms with Gasteiger partial charge in [0.2, 0.25) is 5.95 Å². The minimum Gasteiger partial charge on any atom is -0.497 e. The molecule has 3 rings (SSSR count). The van der Waals surface area contributed by atoms with Crippen LogP contribution in [-0.4, -0.2) is 26.2 Å². The first-order chi connectivity index (χ1) is 11.0. The first-order valence-corrected chi connectivity index (χ1v) is 6.84. The number of nitrogen functional groups attached to an aromatic ring is 1. The zero-order valence-electron chi connectivity index (χ0n) is 12.7. The Morgan fingerprint density at radius 3 is 2.61 bits per heavy atom. The number of fused-ring (bicyclic) bond motifs is 1. The summed E-state index contributed by atoms with van der Waals surface area (Å²) >= 11 is 0. The number of H-pyrrole nitrogens is 1. The Balaban J connectivity index is 2.17. The van der Waals surface area contributed by atoms with Crippen molar-refractivity contribution < 1.29 is 4.74 Å². The van der Waals surface area contributed by atoms with Gasteiger partial charge in [-0.1, -0.05) is 12.1 Å². The number of hydrogen-bond donors (Lipinski definition) is 3. The Kier molecular flexibility index (Phi) is 3.62. The number of rotatable bonds is 4. The molecule has 4 N–H and O–H groups in total. The zero-order chi connectivity index (χ0) is 16.6. The van der Waals surface area contributed by atoms with Gasteiger partial charge in [0, 0.05) is 7.05 Å². The summed E-state index contributed by atoms with van der Waals surface area (Å²) in [5.41, 5.74) is 2.89. The summed E-state index contributed by atoms with van der Waals surface area (Å²) in [5.74, 6) is 6.53. The maximum Gasteiger partial charge on any atom is 0.329 e. The Bertz CT molecular complexity index is 967. The SMILES string of the molecule is COc1ccc(Cn2c(NN)nc3c2c(=O)[nH]c(=O)n3C)cc1. The lowest BCUT2D eigenvalue weighted by molar-refractivity contribution is 0.414. The van der Waals surface area contributed by atoms with E-state index in [1.807, 2.05) is 24.3 Å². The number of nitrogens with zero attached hydrogens (tertiary/aromatic N) is 3. The van der Waals surface area contributed by atoms with Crippen LogP contribution in [0.15, 0.2) is 33.9 Å². The number of ether oxygens (including phenoxy) is 1. The first-order valence-electron chi connectivity index (χ1n) is 6.84. The van der Waals surface area contributed by atoms with Gasteiger partial charge in [-0.25, -0.2) is 10.6 Å². The monoisotopic (exact) mass is 316 g/mol. The third kappa shape index (κ3) is 2.46. The fourth-order valence-corrected chi connectivity index (χ4v) is 2.41.